The van der Waals surface area contributed by atoms with Gasteiger partial charge in [-0.3, -0.25) is 4.57 Å². The van der Waals surface area contributed by atoms with Gasteiger partial charge in [-0.25, -0.2) is 13.4 Å². The van der Waals surface area contributed by atoms with Crippen molar-refractivity contribution in [3.63, 3.8) is 0 Å². The second-order valence-corrected chi connectivity index (χ2v) is 23.3. The van der Waals surface area contributed by atoms with Crippen LogP contribution in [0.3, 0.4) is 0 Å². The van der Waals surface area contributed by atoms with Crippen LogP contribution in [0.4, 0.5) is 0 Å². The third-order valence-corrected chi connectivity index (χ3v) is 18.7. The van der Waals surface area contributed by atoms with Crippen molar-refractivity contribution in [2.45, 2.75) is 54.2 Å². The van der Waals surface area contributed by atoms with Crippen LogP contribution < -0.4 is 0 Å². The molecular weight excluding hydrogens is 921 g/mol. The molecule has 1 aliphatic heterocycles. The molecule has 0 amide bonds. The van der Waals surface area contributed by atoms with Gasteiger partial charge in [-0.2, -0.15) is 9.97 Å². The van der Waals surface area contributed by atoms with Crippen molar-refractivity contribution < 1.29 is 8.42 Å². The molecule has 8 heteroatoms. The SMILES string of the molecule is CC1(C)c2ccccc2C(c2ccc3c(c2)C(C)(C)c2cc(-c4ccc5c(c4)c4ccc6c7ccccc7sc6c4n5-c4nc(-c5ccccc5)nc(-c5ccccc5)n4)ccc2S3(=O)=O)c2ccccc21. The van der Waals surface area contributed by atoms with E-state index >= 15 is 0 Å². The molecule has 6 nitrogen and oxygen atoms in total. The van der Waals surface area contributed by atoms with Crippen LogP contribution in [0.1, 0.15) is 72.6 Å². The number of sulfone groups is 1. The van der Waals surface area contributed by atoms with Crippen molar-refractivity contribution in [1.29, 1.82) is 0 Å². The minimum absolute atomic E-state index is 0.0444. The molecule has 0 spiro atoms. The fourth-order valence-corrected chi connectivity index (χ4v) is 15.2. The molecule has 14 rings (SSSR count). The van der Waals surface area contributed by atoms with Crippen LogP contribution >= 0.6 is 11.3 Å². The quantitative estimate of drug-likeness (QED) is 0.172. The fourth-order valence-electron chi connectivity index (χ4n) is 12.0. The van der Waals surface area contributed by atoms with Gasteiger partial charge in [-0.15, -0.1) is 11.3 Å². The molecule has 2 aliphatic rings. The number of aromatic nitrogens is 4. The summed E-state index contributed by atoms with van der Waals surface area (Å²) in [5.41, 5.74) is 12.7. The zero-order chi connectivity index (χ0) is 48.7. The molecule has 72 heavy (non-hydrogen) atoms. The van der Waals surface area contributed by atoms with Crippen molar-refractivity contribution in [2.75, 3.05) is 0 Å². The minimum atomic E-state index is -3.85. The van der Waals surface area contributed by atoms with E-state index in [9.17, 15) is 8.42 Å². The highest BCUT2D eigenvalue weighted by Gasteiger charge is 2.43. The van der Waals surface area contributed by atoms with E-state index in [2.05, 4.69) is 148 Å². The molecule has 0 N–H and O–H groups in total. The van der Waals surface area contributed by atoms with Gasteiger partial charge in [0.1, 0.15) is 0 Å². The molecule has 0 bridgehead atoms. The third-order valence-electron chi connectivity index (χ3n) is 15.6. The Balaban J connectivity index is 0.950. The zero-order valence-corrected chi connectivity index (χ0v) is 41.7. The van der Waals surface area contributed by atoms with E-state index in [1.165, 1.54) is 37.7 Å². The number of fused-ring (bicyclic) bond motifs is 11. The highest BCUT2D eigenvalue weighted by molar-refractivity contribution is 7.91. The molecule has 9 aromatic carbocycles. The summed E-state index contributed by atoms with van der Waals surface area (Å²) in [6, 6.07) is 69.3. The van der Waals surface area contributed by atoms with Crippen LogP contribution in [0.25, 0.3) is 81.8 Å². The van der Waals surface area contributed by atoms with Gasteiger partial charge in [-0.1, -0.05) is 191 Å². The molecule has 4 heterocycles. The van der Waals surface area contributed by atoms with Gasteiger partial charge in [0, 0.05) is 54.1 Å². The second kappa shape index (κ2) is 15.5. The Bertz CT molecular complexity index is 4250. The Morgan fingerprint density at radius 3 is 1.68 bits per heavy atom. The standard InChI is InChI=1S/C64H46N4O2S2/c1-63(2)49-24-14-11-22-46(49)57(47-23-12-15-25-50(47)63)42-29-34-56-52(37-42)64(3,4)51-36-41(28-33-55(51)72(56,69)70)40-27-32-53-48(35-40)44-30-31-45-43-21-13-16-26-54(43)71-59(45)58(44)68(53)62-66-60(38-17-7-5-8-18-38)65-61(67-62)39-19-9-6-10-20-39/h5-37,57H,1-4H3. The van der Waals surface area contributed by atoms with E-state index in [1.807, 2.05) is 84.9 Å². The van der Waals surface area contributed by atoms with Crippen LogP contribution in [-0.2, 0) is 20.7 Å². The van der Waals surface area contributed by atoms with Gasteiger partial charge >= 0.3 is 0 Å². The Morgan fingerprint density at radius 1 is 0.458 bits per heavy atom. The Hall–Kier alpha value is -8.04. The highest BCUT2D eigenvalue weighted by Crippen LogP contribution is 2.53. The summed E-state index contributed by atoms with van der Waals surface area (Å²) in [6.07, 6.45) is 0. The van der Waals surface area contributed by atoms with E-state index in [-0.39, 0.29) is 11.3 Å². The zero-order valence-electron chi connectivity index (χ0n) is 40.1. The van der Waals surface area contributed by atoms with Gasteiger partial charge in [0.15, 0.2) is 11.6 Å². The van der Waals surface area contributed by atoms with Crippen molar-refractivity contribution in [3.05, 3.63) is 239 Å². The summed E-state index contributed by atoms with van der Waals surface area (Å²) < 4.78 is 34.3. The number of hydrogen-bond donors (Lipinski definition) is 0. The van der Waals surface area contributed by atoms with Crippen molar-refractivity contribution >= 4 is 63.2 Å². The van der Waals surface area contributed by atoms with E-state index in [0.717, 1.165) is 65.4 Å². The molecule has 346 valence electrons. The Kier molecular flexibility index (Phi) is 9.20. The van der Waals surface area contributed by atoms with Gasteiger partial charge in [-0.05, 0) is 86.5 Å². The lowest BCUT2D eigenvalue weighted by Crippen LogP contribution is -2.31. The Morgan fingerprint density at radius 2 is 1.00 bits per heavy atom. The van der Waals surface area contributed by atoms with Gasteiger partial charge in [0.05, 0.1) is 25.5 Å². The average Bonchev–Trinajstić information content (AvgIpc) is 3.97. The normalized spacial score (nSPS) is 15.3. The summed E-state index contributed by atoms with van der Waals surface area (Å²) >= 11 is 1.78. The monoisotopic (exact) mass is 966 g/mol. The third kappa shape index (κ3) is 6.18. The first-order valence-corrected chi connectivity index (χ1v) is 26.8. The number of benzene rings is 9. The lowest BCUT2D eigenvalue weighted by atomic mass is 9.63. The lowest BCUT2D eigenvalue weighted by Gasteiger charge is -2.40. The molecule has 0 atom stereocenters. The van der Waals surface area contributed by atoms with Gasteiger partial charge < -0.3 is 0 Å². The number of nitrogens with zero attached hydrogens (tertiary/aromatic N) is 4. The maximum atomic E-state index is 14.8. The first-order valence-electron chi connectivity index (χ1n) is 24.5. The summed E-state index contributed by atoms with van der Waals surface area (Å²) in [4.78, 5) is 16.3. The fraction of sp³-hybridized carbons (Fsp3) is 0.109. The predicted octanol–water partition coefficient (Wildman–Crippen LogP) is 15.6. The molecule has 12 aromatic rings. The molecule has 0 fully saturated rings. The van der Waals surface area contributed by atoms with Gasteiger partial charge in [0.25, 0.3) is 0 Å². The minimum Gasteiger partial charge on any atom is -0.276 e. The first-order chi connectivity index (χ1) is 35.0. The maximum absolute atomic E-state index is 14.8. The number of hydrogen-bond acceptors (Lipinski definition) is 6. The first kappa shape index (κ1) is 42.8. The van der Waals surface area contributed by atoms with Crippen molar-refractivity contribution in [3.8, 4) is 39.9 Å². The van der Waals surface area contributed by atoms with Crippen LogP contribution in [0.15, 0.2) is 210 Å². The molecule has 0 unspecified atom stereocenters. The van der Waals surface area contributed by atoms with Crippen LogP contribution in [0, 0.1) is 0 Å². The largest absolute Gasteiger partial charge is 0.276 e. The number of thiophene rings is 1. The van der Waals surface area contributed by atoms with E-state index in [4.69, 9.17) is 15.0 Å². The highest BCUT2D eigenvalue weighted by atomic mass is 32.2. The van der Waals surface area contributed by atoms with Gasteiger partial charge in [0.2, 0.25) is 15.8 Å². The van der Waals surface area contributed by atoms with Crippen LogP contribution in [0.2, 0.25) is 0 Å². The number of rotatable bonds is 5. The van der Waals surface area contributed by atoms with E-state index < -0.39 is 15.3 Å². The Labute approximate surface area is 421 Å². The van der Waals surface area contributed by atoms with Crippen molar-refractivity contribution in [2.24, 2.45) is 0 Å². The summed E-state index contributed by atoms with van der Waals surface area (Å²) in [5, 5.41) is 4.50. The smallest absolute Gasteiger partial charge is 0.238 e. The molecular formula is C64H46N4O2S2. The maximum Gasteiger partial charge on any atom is 0.238 e. The summed E-state index contributed by atoms with van der Waals surface area (Å²) in [5.74, 6) is 1.67. The topological polar surface area (TPSA) is 77.7 Å². The summed E-state index contributed by atoms with van der Waals surface area (Å²) in [6.45, 7) is 8.95. The lowest BCUT2D eigenvalue weighted by molar-refractivity contribution is 0.554. The molecule has 0 radical (unpaired) electrons. The molecule has 1 aliphatic carbocycles. The van der Waals surface area contributed by atoms with Crippen LogP contribution in [0.5, 0.6) is 0 Å². The predicted molar refractivity (Wildman–Crippen MR) is 293 cm³/mol. The molecule has 0 saturated carbocycles. The van der Waals surface area contributed by atoms with E-state index in [0.29, 0.717) is 27.4 Å². The van der Waals surface area contributed by atoms with Crippen LogP contribution in [-0.4, -0.2) is 27.9 Å². The second-order valence-electron chi connectivity index (χ2n) is 20.3. The average molecular weight is 967 g/mol. The molecule has 0 saturated heterocycles. The molecule has 3 aromatic heterocycles. The van der Waals surface area contributed by atoms with E-state index in [1.54, 1.807) is 11.3 Å². The van der Waals surface area contributed by atoms with Crippen molar-refractivity contribution in [1.82, 2.24) is 19.5 Å². The summed E-state index contributed by atoms with van der Waals surface area (Å²) in [7, 11) is -3.85.